The number of halogens is 1. The van der Waals surface area contributed by atoms with Gasteiger partial charge in [0.1, 0.15) is 6.07 Å². The van der Waals surface area contributed by atoms with Crippen molar-refractivity contribution in [3.05, 3.63) is 82.9 Å². The van der Waals surface area contributed by atoms with Gasteiger partial charge in [-0.15, -0.1) is 0 Å². The van der Waals surface area contributed by atoms with Gasteiger partial charge in [-0.1, -0.05) is 74.0 Å². The summed E-state index contributed by atoms with van der Waals surface area (Å²) in [5.74, 6) is -0.847. The maximum absolute atomic E-state index is 12.9. The van der Waals surface area contributed by atoms with Gasteiger partial charge in [0.25, 0.3) is 0 Å². The standard InChI is InChI=1S/C23H20ClNO2/c1-15(2)22(17-9-11-20(24)12-10-17)23(26)27-21(14-25)19-8-7-16-5-3-4-6-18(16)13-19/h3-13,15,21-22H,1-2H3/t21-,22+/m1/s1. The fourth-order valence-corrected chi connectivity index (χ4v) is 3.32. The van der Waals surface area contributed by atoms with Crippen LogP contribution in [0.5, 0.6) is 0 Å². The molecule has 3 aromatic carbocycles. The van der Waals surface area contributed by atoms with E-state index >= 15 is 0 Å². The lowest BCUT2D eigenvalue weighted by molar-refractivity contribution is -0.150. The van der Waals surface area contributed by atoms with Gasteiger partial charge in [-0.2, -0.15) is 5.26 Å². The summed E-state index contributed by atoms with van der Waals surface area (Å²) in [6, 6.07) is 22.8. The van der Waals surface area contributed by atoms with Gasteiger partial charge in [0, 0.05) is 10.6 Å². The highest BCUT2D eigenvalue weighted by Crippen LogP contribution is 2.30. The molecule has 0 aliphatic heterocycles. The van der Waals surface area contributed by atoms with Crippen molar-refractivity contribution < 1.29 is 9.53 Å². The second kappa shape index (κ2) is 8.24. The smallest absolute Gasteiger partial charge is 0.315 e. The number of benzene rings is 3. The van der Waals surface area contributed by atoms with Crippen LogP contribution in [0.4, 0.5) is 0 Å². The molecule has 3 rings (SSSR count). The quantitative estimate of drug-likeness (QED) is 0.509. The number of nitrogens with zero attached hydrogens (tertiary/aromatic N) is 1. The van der Waals surface area contributed by atoms with Crippen molar-refractivity contribution in [2.24, 2.45) is 5.92 Å². The zero-order valence-corrected chi connectivity index (χ0v) is 16.0. The first kappa shape index (κ1) is 18.9. The first-order valence-electron chi connectivity index (χ1n) is 8.84. The molecule has 0 fully saturated rings. The summed E-state index contributed by atoms with van der Waals surface area (Å²) in [7, 11) is 0. The molecule has 0 spiro atoms. The minimum atomic E-state index is -0.948. The normalized spacial score (nSPS) is 13.1. The molecule has 0 heterocycles. The van der Waals surface area contributed by atoms with E-state index < -0.39 is 18.0 Å². The Labute approximate surface area is 164 Å². The average Bonchev–Trinajstić information content (AvgIpc) is 2.67. The zero-order valence-electron chi connectivity index (χ0n) is 15.2. The Morgan fingerprint density at radius 1 is 0.963 bits per heavy atom. The van der Waals surface area contributed by atoms with Crippen molar-refractivity contribution >= 4 is 28.3 Å². The van der Waals surface area contributed by atoms with Crippen LogP contribution in [-0.4, -0.2) is 5.97 Å². The van der Waals surface area contributed by atoms with E-state index in [1.165, 1.54) is 0 Å². The predicted octanol–water partition coefficient (Wildman–Crippen LogP) is 6.04. The molecular weight excluding hydrogens is 358 g/mol. The minimum absolute atomic E-state index is 0.0228. The Kier molecular flexibility index (Phi) is 5.78. The number of carbonyl (C=O) groups is 1. The third kappa shape index (κ3) is 4.30. The summed E-state index contributed by atoms with van der Waals surface area (Å²) in [5.41, 5.74) is 1.50. The number of rotatable bonds is 5. The number of ether oxygens (including phenoxy) is 1. The van der Waals surface area contributed by atoms with Crippen molar-refractivity contribution in [1.29, 1.82) is 5.26 Å². The number of esters is 1. The van der Waals surface area contributed by atoms with Crippen molar-refractivity contribution in [3.8, 4) is 6.07 Å². The highest BCUT2D eigenvalue weighted by molar-refractivity contribution is 6.30. The second-order valence-electron chi connectivity index (χ2n) is 6.83. The SMILES string of the molecule is CC(C)[C@H](C(=O)O[C@H](C#N)c1ccc2ccccc2c1)c1ccc(Cl)cc1. The molecule has 136 valence electrons. The largest absolute Gasteiger partial charge is 0.441 e. The van der Waals surface area contributed by atoms with E-state index in [4.69, 9.17) is 16.3 Å². The molecule has 0 saturated heterocycles. The van der Waals surface area contributed by atoms with Crippen LogP contribution in [0.25, 0.3) is 10.8 Å². The molecule has 3 aromatic rings. The first-order valence-corrected chi connectivity index (χ1v) is 9.21. The molecule has 2 atom stereocenters. The van der Waals surface area contributed by atoms with E-state index in [2.05, 4.69) is 6.07 Å². The number of hydrogen-bond acceptors (Lipinski definition) is 3. The van der Waals surface area contributed by atoms with Crippen LogP contribution in [0.1, 0.15) is 37.0 Å². The molecule has 4 heteroatoms. The van der Waals surface area contributed by atoms with Gasteiger partial charge in [-0.3, -0.25) is 4.79 Å². The van der Waals surface area contributed by atoms with Crippen molar-refractivity contribution in [2.75, 3.05) is 0 Å². The molecule has 0 amide bonds. The number of nitriles is 1. The molecule has 0 aromatic heterocycles. The Hall–Kier alpha value is -2.83. The van der Waals surface area contributed by atoms with Crippen LogP contribution in [-0.2, 0) is 9.53 Å². The van der Waals surface area contributed by atoms with Crippen LogP contribution in [0.3, 0.4) is 0 Å². The topological polar surface area (TPSA) is 50.1 Å². The van der Waals surface area contributed by atoms with Gasteiger partial charge >= 0.3 is 5.97 Å². The van der Waals surface area contributed by atoms with Crippen LogP contribution in [0, 0.1) is 17.2 Å². The number of fused-ring (bicyclic) bond motifs is 1. The first-order chi connectivity index (χ1) is 13.0. The predicted molar refractivity (Wildman–Crippen MR) is 107 cm³/mol. The van der Waals surface area contributed by atoms with E-state index in [1.807, 2.05) is 68.4 Å². The summed E-state index contributed by atoms with van der Waals surface area (Å²) in [6.45, 7) is 3.91. The monoisotopic (exact) mass is 377 g/mol. The Balaban J connectivity index is 1.86. The molecular formula is C23H20ClNO2. The third-order valence-electron chi connectivity index (χ3n) is 4.58. The highest BCUT2D eigenvalue weighted by atomic mass is 35.5. The van der Waals surface area contributed by atoms with Gasteiger partial charge in [0.15, 0.2) is 0 Å². The molecule has 0 bridgehead atoms. The lowest BCUT2D eigenvalue weighted by Crippen LogP contribution is -2.22. The van der Waals surface area contributed by atoms with E-state index in [-0.39, 0.29) is 5.92 Å². The number of hydrogen-bond donors (Lipinski definition) is 0. The minimum Gasteiger partial charge on any atom is -0.441 e. The molecule has 27 heavy (non-hydrogen) atoms. The summed E-state index contributed by atoms with van der Waals surface area (Å²) in [6.07, 6.45) is -0.948. The van der Waals surface area contributed by atoms with Gasteiger partial charge in [-0.05, 0) is 40.5 Å². The fourth-order valence-electron chi connectivity index (χ4n) is 3.19. The van der Waals surface area contributed by atoms with Crippen LogP contribution < -0.4 is 0 Å². The number of carbonyl (C=O) groups excluding carboxylic acids is 1. The maximum Gasteiger partial charge on any atom is 0.315 e. The Morgan fingerprint density at radius 3 is 2.22 bits per heavy atom. The van der Waals surface area contributed by atoms with Crippen LogP contribution >= 0.6 is 11.6 Å². The van der Waals surface area contributed by atoms with E-state index in [9.17, 15) is 10.1 Å². The van der Waals surface area contributed by atoms with E-state index in [0.717, 1.165) is 16.3 Å². The second-order valence-corrected chi connectivity index (χ2v) is 7.26. The summed E-state index contributed by atoms with van der Waals surface area (Å²) in [4.78, 5) is 12.9. The van der Waals surface area contributed by atoms with Gasteiger partial charge in [-0.25, -0.2) is 0 Å². The molecule has 0 radical (unpaired) electrons. The lowest BCUT2D eigenvalue weighted by atomic mass is 9.88. The van der Waals surface area contributed by atoms with E-state index in [0.29, 0.717) is 10.6 Å². The fraction of sp³-hybridized carbons (Fsp3) is 0.217. The zero-order chi connectivity index (χ0) is 19.4. The molecule has 3 nitrogen and oxygen atoms in total. The molecule has 0 aliphatic carbocycles. The Morgan fingerprint density at radius 2 is 1.59 bits per heavy atom. The summed E-state index contributed by atoms with van der Waals surface area (Å²) in [5, 5.41) is 12.3. The lowest BCUT2D eigenvalue weighted by Gasteiger charge is -2.22. The molecule has 0 unspecified atom stereocenters. The van der Waals surface area contributed by atoms with Crippen molar-refractivity contribution in [2.45, 2.75) is 25.9 Å². The molecule has 0 aliphatic rings. The average molecular weight is 378 g/mol. The van der Waals surface area contributed by atoms with Gasteiger partial charge in [0.2, 0.25) is 6.10 Å². The van der Waals surface area contributed by atoms with Gasteiger partial charge < -0.3 is 4.74 Å². The van der Waals surface area contributed by atoms with Crippen molar-refractivity contribution in [3.63, 3.8) is 0 Å². The summed E-state index contributed by atoms with van der Waals surface area (Å²) < 4.78 is 5.61. The van der Waals surface area contributed by atoms with Crippen LogP contribution in [0.15, 0.2) is 66.7 Å². The van der Waals surface area contributed by atoms with Crippen LogP contribution in [0.2, 0.25) is 5.02 Å². The summed E-state index contributed by atoms with van der Waals surface area (Å²) >= 11 is 5.95. The third-order valence-corrected chi connectivity index (χ3v) is 4.83. The maximum atomic E-state index is 12.9. The molecule has 0 N–H and O–H groups in total. The van der Waals surface area contributed by atoms with E-state index in [1.54, 1.807) is 12.1 Å². The van der Waals surface area contributed by atoms with Gasteiger partial charge in [0.05, 0.1) is 5.92 Å². The van der Waals surface area contributed by atoms with Crippen molar-refractivity contribution in [1.82, 2.24) is 0 Å². The Bertz CT molecular complexity index is 989. The molecule has 0 saturated carbocycles. The highest BCUT2D eigenvalue weighted by Gasteiger charge is 2.28.